The number of carbonyl (C=O) groups is 2. The Morgan fingerprint density at radius 1 is 1.03 bits per heavy atom. The molecular formula is C27H32ClN7O2. The van der Waals surface area contributed by atoms with Crippen LogP contribution in [0.5, 0.6) is 0 Å². The first-order valence-corrected chi connectivity index (χ1v) is 13.1. The van der Waals surface area contributed by atoms with Gasteiger partial charge in [-0.15, -0.1) is 0 Å². The third-order valence-electron chi connectivity index (χ3n) is 7.16. The maximum absolute atomic E-state index is 13.7. The molecule has 2 atom stereocenters. The monoisotopic (exact) mass is 521 g/mol. The first-order chi connectivity index (χ1) is 18.0. The molecule has 0 radical (unpaired) electrons. The van der Waals surface area contributed by atoms with Crippen molar-refractivity contribution >= 4 is 23.4 Å². The predicted molar refractivity (Wildman–Crippen MR) is 141 cm³/mol. The lowest BCUT2D eigenvalue weighted by molar-refractivity contribution is -0.138. The number of carbonyl (C=O) groups excluding carboxylic acids is 2. The molecule has 3 aromatic rings. The summed E-state index contributed by atoms with van der Waals surface area (Å²) in [5.74, 6) is -0.191. The van der Waals surface area contributed by atoms with Crippen molar-refractivity contribution in [1.29, 1.82) is 0 Å². The summed E-state index contributed by atoms with van der Waals surface area (Å²) in [6.45, 7) is 5.06. The average molecular weight is 522 g/mol. The van der Waals surface area contributed by atoms with Crippen LogP contribution >= 0.6 is 11.6 Å². The van der Waals surface area contributed by atoms with E-state index in [4.69, 9.17) is 11.6 Å². The minimum atomic E-state index is -0.644. The molecule has 2 aliphatic rings. The molecule has 0 spiro atoms. The SMILES string of the molecule is O=C(NC(Cc1ccc(Cl)cc1)C(=O)N1CCN(CCn2cncn2)CC1)[C@H]1Cc2ccccc2CN1. The average Bonchev–Trinajstić information content (AvgIpc) is 3.46. The lowest BCUT2D eigenvalue weighted by Crippen LogP contribution is -2.58. The number of hydrogen-bond donors (Lipinski definition) is 2. The molecule has 1 fully saturated rings. The van der Waals surface area contributed by atoms with Crippen molar-refractivity contribution in [3.05, 3.63) is 82.9 Å². The van der Waals surface area contributed by atoms with Gasteiger partial charge in [0.1, 0.15) is 18.7 Å². The predicted octanol–water partition coefficient (Wildman–Crippen LogP) is 1.52. The number of halogens is 1. The standard InChI is InChI=1S/C27H32ClN7O2/c28-23-7-5-20(6-8-23)15-25(32-26(36)24-16-21-3-1-2-4-22(21)17-30-24)27(37)34-12-9-33(10-13-34)11-14-35-19-29-18-31-35/h1-8,18-19,24-25,30H,9-17H2,(H,32,36)/t24-,25?/m1/s1. The Morgan fingerprint density at radius 2 is 1.78 bits per heavy atom. The molecule has 9 nitrogen and oxygen atoms in total. The molecule has 10 heteroatoms. The number of hydrogen-bond acceptors (Lipinski definition) is 6. The van der Waals surface area contributed by atoms with E-state index in [1.165, 1.54) is 17.5 Å². The van der Waals surface area contributed by atoms with Crippen LogP contribution in [-0.2, 0) is 35.5 Å². The number of rotatable bonds is 8. The summed E-state index contributed by atoms with van der Waals surface area (Å²) in [6.07, 6.45) is 4.27. The molecule has 2 aromatic carbocycles. The third kappa shape index (κ3) is 6.54. The van der Waals surface area contributed by atoms with Crippen LogP contribution in [0.1, 0.15) is 16.7 Å². The number of benzene rings is 2. The fraction of sp³-hybridized carbons (Fsp3) is 0.407. The molecule has 194 valence electrons. The highest BCUT2D eigenvalue weighted by Gasteiger charge is 2.32. The Morgan fingerprint density at radius 3 is 2.51 bits per heavy atom. The highest BCUT2D eigenvalue weighted by Crippen LogP contribution is 2.17. The summed E-state index contributed by atoms with van der Waals surface area (Å²) in [7, 11) is 0. The van der Waals surface area contributed by atoms with Crippen LogP contribution in [0.25, 0.3) is 0 Å². The molecule has 2 N–H and O–H groups in total. The Kier molecular flexibility index (Phi) is 8.13. The van der Waals surface area contributed by atoms with E-state index in [9.17, 15) is 9.59 Å². The van der Waals surface area contributed by atoms with E-state index >= 15 is 0 Å². The van der Waals surface area contributed by atoms with Gasteiger partial charge in [0.2, 0.25) is 11.8 Å². The Labute approximate surface area is 221 Å². The highest BCUT2D eigenvalue weighted by atomic mass is 35.5. The van der Waals surface area contributed by atoms with E-state index in [1.807, 2.05) is 46.0 Å². The van der Waals surface area contributed by atoms with E-state index < -0.39 is 6.04 Å². The van der Waals surface area contributed by atoms with E-state index in [2.05, 4.69) is 37.7 Å². The molecule has 0 bridgehead atoms. The second kappa shape index (κ2) is 11.9. The number of nitrogens with zero attached hydrogens (tertiary/aromatic N) is 5. The number of nitrogens with one attached hydrogen (secondary N) is 2. The minimum absolute atomic E-state index is 0.0459. The number of amides is 2. The second-order valence-electron chi connectivity index (χ2n) is 9.62. The molecule has 2 amide bonds. The van der Waals surface area contributed by atoms with Gasteiger partial charge >= 0.3 is 0 Å². The number of aromatic nitrogens is 3. The lowest BCUT2D eigenvalue weighted by atomic mass is 9.95. The van der Waals surface area contributed by atoms with Crippen molar-refractivity contribution in [2.45, 2.75) is 38.0 Å². The van der Waals surface area contributed by atoms with Gasteiger partial charge in [-0.2, -0.15) is 5.10 Å². The van der Waals surface area contributed by atoms with Crippen LogP contribution in [0, 0.1) is 0 Å². The highest BCUT2D eigenvalue weighted by molar-refractivity contribution is 6.30. The molecule has 0 saturated carbocycles. The molecule has 1 saturated heterocycles. The van der Waals surface area contributed by atoms with E-state index in [0.717, 1.165) is 31.7 Å². The maximum Gasteiger partial charge on any atom is 0.245 e. The third-order valence-corrected chi connectivity index (χ3v) is 7.41. The zero-order valence-corrected chi connectivity index (χ0v) is 21.5. The van der Waals surface area contributed by atoms with Gasteiger partial charge < -0.3 is 15.5 Å². The minimum Gasteiger partial charge on any atom is -0.343 e. The molecule has 1 aromatic heterocycles. The van der Waals surface area contributed by atoms with Gasteiger partial charge in [0.05, 0.1) is 12.6 Å². The molecule has 3 heterocycles. The summed E-state index contributed by atoms with van der Waals surface area (Å²) in [5.41, 5.74) is 3.34. The van der Waals surface area contributed by atoms with Gasteiger partial charge in [0, 0.05) is 50.7 Å². The van der Waals surface area contributed by atoms with Gasteiger partial charge in [-0.1, -0.05) is 48.0 Å². The van der Waals surface area contributed by atoms with E-state index in [-0.39, 0.29) is 17.9 Å². The van der Waals surface area contributed by atoms with Crippen LogP contribution in [0.15, 0.2) is 61.2 Å². The van der Waals surface area contributed by atoms with Gasteiger partial charge in [0.15, 0.2) is 0 Å². The molecule has 5 rings (SSSR count). The van der Waals surface area contributed by atoms with Crippen molar-refractivity contribution < 1.29 is 9.59 Å². The summed E-state index contributed by atoms with van der Waals surface area (Å²) < 4.78 is 1.81. The Balaban J connectivity index is 1.22. The molecule has 1 unspecified atom stereocenters. The maximum atomic E-state index is 13.7. The number of fused-ring (bicyclic) bond motifs is 1. The molecule has 2 aliphatic heterocycles. The van der Waals surface area contributed by atoms with E-state index in [0.29, 0.717) is 37.5 Å². The molecule has 37 heavy (non-hydrogen) atoms. The first-order valence-electron chi connectivity index (χ1n) is 12.7. The Bertz CT molecular complexity index is 1190. The second-order valence-corrected chi connectivity index (χ2v) is 10.1. The fourth-order valence-corrected chi connectivity index (χ4v) is 5.10. The zero-order valence-electron chi connectivity index (χ0n) is 20.7. The van der Waals surface area contributed by atoms with E-state index in [1.54, 1.807) is 6.33 Å². The van der Waals surface area contributed by atoms with Gasteiger partial charge in [-0.3, -0.25) is 19.2 Å². The number of piperazine rings is 1. The van der Waals surface area contributed by atoms with Gasteiger partial charge in [-0.25, -0.2) is 4.98 Å². The Hall–Kier alpha value is -3.27. The summed E-state index contributed by atoms with van der Waals surface area (Å²) in [6, 6.07) is 14.6. The smallest absolute Gasteiger partial charge is 0.245 e. The lowest BCUT2D eigenvalue weighted by Gasteiger charge is -2.37. The quantitative estimate of drug-likeness (QED) is 0.467. The normalized spacial score (nSPS) is 18.7. The summed E-state index contributed by atoms with van der Waals surface area (Å²) in [4.78, 5) is 35.1. The van der Waals surface area contributed by atoms with Crippen molar-refractivity contribution in [3.63, 3.8) is 0 Å². The van der Waals surface area contributed by atoms with Crippen LogP contribution < -0.4 is 10.6 Å². The van der Waals surface area contributed by atoms with Gasteiger partial charge in [-0.05, 0) is 35.2 Å². The van der Waals surface area contributed by atoms with Crippen molar-refractivity contribution in [2.24, 2.45) is 0 Å². The van der Waals surface area contributed by atoms with Crippen molar-refractivity contribution in [1.82, 2.24) is 35.2 Å². The van der Waals surface area contributed by atoms with Crippen molar-refractivity contribution in [2.75, 3.05) is 32.7 Å². The van der Waals surface area contributed by atoms with Crippen LogP contribution in [-0.4, -0.2) is 81.2 Å². The first kappa shape index (κ1) is 25.4. The molecular weight excluding hydrogens is 490 g/mol. The van der Waals surface area contributed by atoms with Crippen LogP contribution in [0.2, 0.25) is 5.02 Å². The van der Waals surface area contributed by atoms with Crippen molar-refractivity contribution in [3.8, 4) is 0 Å². The zero-order chi connectivity index (χ0) is 25.6. The van der Waals surface area contributed by atoms with Crippen LogP contribution in [0.4, 0.5) is 0 Å². The summed E-state index contributed by atoms with van der Waals surface area (Å²) in [5, 5.41) is 11.2. The van der Waals surface area contributed by atoms with Gasteiger partial charge in [0.25, 0.3) is 0 Å². The largest absolute Gasteiger partial charge is 0.343 e. The molecule has 0 aliphatic carbocycles. The fourth-order valence-electron chi connectivity index (χ4n) is 4.97. The topological polar surface area (TPSA) is 95.4 Å². The van der Waals surface area contributed by atoms with Crippen LogP contribution in [0.3, 0.4) is 0 Å². The summed E-state index contributed by atoms with van der Waals surface area (Å²) >= 11 is 6.06.